The molecular formula is C22H40O. The first-order chi connectivity index (χ1) is 11.3. The van der Waals surface area contributed by atoms with Crippen LogP contribution in [-0.4, -0.2) is 12.7 Å². The van der Waals surface area contributed by atoms with Crippen LogP contribution in [-0.2, 0) is 4.74 Å². The van der Waals surface area contributed by atoms with Gasteiger partial charge < -0.3 is 4.74 Å². The molecule has 2 aliphatic rings. The van der Waals surface area contributed by atoms with Crippen molar-refractivity contribution in [3.63, 3.8) is 0 Å². The summed E-state index contributed by atoms with van der Waals surface area (Å²) in [6.45, 7) is 7.09. The van der Waals surface area contributed by atoms with E-state index in [9.17, 15) is 0 Å². The highest BCUT2D eigenvalue weighted by molar-refractivity contribution is 4.78. The third-order valence-electron chi connectivity index (χ3n) is 6.37. The minimum Gasteiger partial charge on any atom is -0.378 e. The minimum absolute atomic E-state index is 0.582. The summed E-state index contributed by atoms with van der Waals surface area (Å²) in [6.07, 6.45) is 22.2. The molecular weight excluding hydrogens is 280 g/mol. The second-order valence-corrected chi connectivity index (χ2v) is 8.20. The molecule has 2 fully saturated rings. The van der Waals surface area contributed by atoms with Gasteiger partial charge >= 0.3 is 0 Å². The highest BCUT2D eigenvalue weighted by Crippen LogP contribution is 2.37. The van der Waals surface area contributed by atoms with Gasteiger partial charge in [-0.1, -0.05) is 57.9 Å². The molecule has 1 nitrogen and oxygen atoms in total. The quantitative estimate of drug-likeness (QED) is 0.314. The standard InChI is InChI=1S/C22H40O/c1-3-5-7-19-8-10-20(11-9-19)12-13-21-14-16-22(17-15-21)23-18-6-4-2/h3,19-22H,1,4-18H2,2H3. The van der Waals surface area contributed by atoms with Gasteiger partial charge in [-0.3, -0.25) is 0 Å². The van der Waals surface area contributed by atoms with Crippen molar-refractivity contribution in [2.24, 2.45) is 17.8 Å². The second-order valence-electron chi connectivity index (χ2n) is 8.20. The van der Waals surface area contributed by atoms with Gasteiger partial charge in [0.2, 0.25) is 0 Å². The van der Waals surface area contributed by atoms with Gasteiger partial charge in [0.05, 0.1) is 6.10 Å². The molecule has 0 heterocycles. The van der Waals surface area contributed by atoms with Crippen molar-refractivity contribution in [3.8, 4) is 0 Å². The molecule has 1 heteroatoms. The molecule has 0 N–H and O–H groups in total. The van der Waals surface area contributed by atoms with Crippen LogP contribution >= 0.6 is 0 Å². The Bertz CT molecular complexity index is 295. The van der Waals surface area contributed by atoms with Crippen molar-refractivity contribution in [3.05, 3.63) is 12.7 Å². The summed E-state index contributed by atoms with van der Waals surface area (Å²) in [4.78, 5) is 0. The predicted octanol–water partition coefficient (Wildman–Crippen LogP) is 6.91. The Morgan fingerprint density at radius 2 is 1.35 bits per heavy atom. The summed E-state index contributed by atoms with van der Waals surface area (Å²) in [6, 6.07) is 0. The molecule has 2 aliphatic carbocycles. The number of hydrogen-bond donors (Lipinski definition) is 0. The van der Waals surface area contributed by atoms with E-state index in [1.54, 1.807) is 0 Å². The third-order valence-corrected chi connectivity index (χ3v) is 6.37. The van der Waals surface area contributed by atoms with Crippen LogP contribution in [0.4, 0.5) is 0 Å². The zero-order valence-electron chi connectivity index (χ0n) is 15.6. The zero-order chi connectivity index (χ0) is 16.3. The molecule has 0 radical (unpaired) electrons. The maximum Gasteiger partial charge on any atom is 0.0575 e. The lowest BCUT2D eigenvalue weighted by Gasteiger charge is -2.32. The van der Waals surface area contributed by atoms with E-state index >= 15 is 0 Å². The van der Waals surface area contributed by atoms with Crippen molar-refractivity contribution in [1.29, 1.82) is 0 Å². The molecule has 23 heavy (non-hydrogen) atoms. The summed E-state index contributed by atoms with van der Waals surface area (Å²) in [7, 11) is 0. The van der Waals surface area contributed by atoms with Crippen molar-refractivity contribution >= 4 is 0 Å². The van der Waals surface area contributed by atoms with E-state index in [0.717, 1.165) is 24.4 Å². The largest absolute Gasteiger partial charge is 0.378 e. The number of allylic oxidation sites excluding steroid dienone is 1. The molecule has 0 atom stereocenters. The summed E-state index contributed by atoms with van der Waals surface area (Å²) in [5.74, 6) is 3.04. The smallest absolute Gasteiger partial charge is 0.0575 e. The fraction of sp³-hybridized carbons (Fsp3) is 0.909. The first-order valence-corrected chi connectivity index (χ1v) is 10.5. The molecule has 0 spiro atoms. The first kappa shape index (κ1) is 19.0. The third kappa shape index (κ3) is 7.42. The van der Waals surface area contributed by atoms with E-state index in [4.69, 9.17) is 4.74 Å². The van der Waals surface area contributed by atoms with Gasteiger partial charge in [0.15, 0.2) is 0 Å². The van der Waals surface area contributed by atoms with Gasteiger partial charge in [-0.05, 0) is 62.7 Å². The van der Waals surface area contributed by atoms with Crippen LogP contribution in [0.5, 0.6) is 0 Å². The Kier molecular flexibility index (Phi) is 9.34. The Morgan fingerprint density at radius 1 is 0.826 bits per heavy atom. The molecule has 134 valence electrons. The summed E-state index contributed by atoms with van der Waals surface area (Å²) in [5.41, 5.74) is 0. The number of ether oxygens (including phenoxy) is 1. The maximum absolute atomic E-state index is 6.00. The summed E-state index contributed by atoms with van der Waals surface area (Å²) >= 11 is 0. The number of rotatable bonds is 10. The van der Waals surface area contributed by atoms with E-state index in [-0.39, 0.29) is 0 Å². The first-order valence-electron chi connectivity index (χ1n) is 10.5. The van der Waals surface area contributed by atoms with Gasteiger partial charge in [-0.25, -0.2) is 0 Å². The normalized spacial score (nSPS) is 31.9. The molecule has 0 aromatic rings. The zero-order valence-corrected chi connectivity index (χ0v) is 15.6. The molecule has 2 saturated carbocycles. The van der Waals surface area contributed by atoms with Crippen molar-refractivity contribution in [2.45, 2.75) is 103 Å². The molecule has 0 aromatic heterocycles. The van der Waals surface area contributed by atoms with Crippen LogP contribution in [0.2, 0.25) is 0 Å². The predicted molar refractivity (Wildman–Crippen MR) is 101 cm³/mol. The van der Waals surface area contributed by atoms with Crippen LogP contribution in [0.15, 0.2) is 12.7 Å². The van der Waals surface area contributed by atoms with E-state index in [0.29, 0.717) is 6.10 Å². The highest BCUT2D eigenvalue weighted by atomic mass is 16.5. The fourth-order valence-electron chi connectivity index (χ4n) is 4.62. The van der Waals surface area contributed by atoms with Gasteiger partial charge in [-0.15, -0.1) is 6.58 Å². The molecule has 0 aromatic carbocycles. The number of unbranched alkanes of at least 4 members (excludes halogenated alkanes) is 1. The lowest BCUT2D eigenvalue weighted by molar-refractivity contribution is 0.0150. The summed E-state index contributed by atoms with van der Waals surface area (Å²) in [5, 5.41) is 0. The molecule has 0 saturated heterocycles. The molecule has 0 aliphatic heterocycles. The van der Waals surface area contributed by atoms with Crippen LogP contribution in [0.25, 0.3) is 0 Å². The van der Waals surface area contributed by atoms with Crippen LogP contribution < -0.4 is 0 Å². The minimum atomic E-state index is 0.582. The van der Waals surface area contributed by atoms with Gasteiger partial charge in [0, 0.05) is 6.61 Å². The second kappa shape index (κ2) is 11.3. The average molecular weight is 321 g/mol. The SMILES string of the molecule is C=CCCC1CCC(CCC2CCC(OCCCC)CC2)CC1. The number of hydrogen-bond acceptors (Lipinski definition) is 1. The van der Waals surface area contributed by atoms with Crippen molar-refractivity contribution in [2.75, 3.05) is 6.61 Å². The van der Waals surface area contributed by atoms with E-state index < -0.39 is 0 Å². The molecule has 2 rings (SSSR count). The average Bonchev–Trinajstić information content (AvgIpc) is 2.60. The van der Waals surface area contributed by atoms with Crippen molar-refractivity contribution in [1.82, 2.24) is 0 Å². The molecule has 0 amide bonds. The van der Waals surface area contributed by atoms with Gasteiger partial charge in [0.1, 0.15) is 0 Å². The van der Waals surface area contributed by atoms with Gasteiger partial charge in [-0.2, -0.15) is 0 Å². The fourth-order valence-corrected chi connectivity index (χ4v) is 4.62. The van der Waals surface area contributed by atoms with Gasteiger partial charge in [0.25, 0.3) is 0 Å². The van der Waals surface area contributed by atoms with E-state index in [2.05, 4.69) is 19.6 Å². The Labute approximate surface area is 145 Å². The Hall–Kier alpha value is -0.300. The monoisotopic (exact) mass is 320 g/mol. The van der Waals surface area contributed by atoms with Crippen LogP contribution in [0, 0.1) is 17.8 Å². The Balaban J connectivity index is 1.51. The van der Waals surface area contributed by atoms with Crippen molar-refractivity contribution < 1.29 is 4.74 Å². The summed E-state index contributed by atoms with van der Waals surface area (Å²) < 4.78 is 6.00. The molecule has 0 bridgehead atoms. The Morgan fingerprint density at radius 3 is 1.87 bits per heavy atom. The topological polar surface area (TPSA) is 9.23 Å². The lowest BCUT2D eigenvalue weighted by Crippen LogP contribution is -2.23. The maximum atomic E-state index is 6.00. The van der Waals surface area contributed by atoms with E-state index in [1.807, 2.05) is 0 Å². The van der Waals surface area contributed by atoms with E-state index in [1.165, 1.54) is 89.9 Å². The van der Waals surface area contributed by atoms with Crippen LogP contribution in [0.3, 0.4) is 0 Å². The molecule has 0 unspecified atom stereocenters. The van der Waals surface area contributed by atoms with Crippen LogP contribution in [0.1, 0.15) is 96.8 Å². The lowest BCUT2D eigenvalue weighted by atomic mass is 9.76. The highest BCUT2D eigenvalue weighted by Gasteiger charge is 2.24.